The van der Waals surface area contributed by atoms with Crippen molar-refractivity contribution < 1.29 is 43.9 Å². The Hall–Kier alpha value is -8.16. The summed E-state index contributed by atoms with van der Waals surface area (Å²) in [6.45, 7) is 29.3. The van der Waals surface area contributed by atoms with E-state index in [1.807, 2.05) is 188 Å². The molecular formula is C90H111Br3Cl3N15O9. The van der Waals surface area contributed by atoms with E-state index in [0.717, 1.165) is 80.6 Å². The number of pyridine rings is 3. The van der Waals surface area contributed by atoms with Gasteiger partial charge >= 0.3 is 18.3 Å². The monoisotopic (exact) mass is 1890 g/mol. The lowest BCUT2D eigenvalue weighted by atomic mass is 9.84. The standard InChI is InChI=1S/3C29H33BrClN5O3.3CH4/c3*1-28(2,3)39-27(37)36-10-8-35(9-11-36)26-21-7-6-20(31)14-22(21)23(13-18-12-19(30)15-33-25(18)26)29(4,38)24-16-32-17-34(24)5;;;/h3*6-7,12-17,26,38H,8-11H2,1-5H3;3*1H4/t3*26-,29?;;;/m111.../s1. The molecule has 6 aromatic heterocycles. The van der Waals surface area contributed by atoms with Crippen LogP contribution in [0.4, 0.5) is 14.4 Å². The molecule has 6 atom stereocenters. The second kappa shape index (κ2) is 37.1. The summed E-state index contributed by atoms with van der Waals surface area (Å²) in [6, 6.07) is 22.9. The minimum absolute atomic E-state index is 0. The van der Waals surface area contributed by atoms with E-state index >= 15 is 0 Å². The Labute approximate surface area is 745 Å². The van der Waals surface area contributed by atoms with Crippen molar-refractivity contribution in [2.24, 2.45) is 21.1 Å². The quantitative estimate of drug-likeness (QED) is 0.114. The summed E-state index contributed by atoms with van der Waals surface area (Å²) in [5.74, 6) is 0. The van der Waals surface area contributed by atoms with Crippen molar-refractivity contribution in [3.8, 4) is 0 Å². The van der Waals surface area contributed by atoms with Crippen LogP contribution in [0.1, 0.15) is 208 Å². The minimum Gasteiger partial charge on any atom is -0.444 e. The van der Waals surface area contributed by atoms with Crippen LogP contribution in [-0.2, 0) is 52.2 Å². The first-order valence-electron chi connectivity index (χ1n) is 38.8. The van der Waals surface area contributed by atoms with Gasteiger partial charge in [-0.2, -0.15) is 0 Å². The number of halogens is 6. The normalized spacial score (nSPS) is 18.9. The summed E-state index contributed by atoms with van der Waals surface area (Å²) in [4.78, 5) is 77.9. The first-order chi connectivity index (χ1) is 55.0. The summed E-state index contributed by atoms with van der Waals surface area (Å²) in [5.41, 5.74) is 9.22. The lowest BCUT2D eigenvalue weighted by Gasteiger charge is -2.40. The maximum absolute atomic E-state index is 12.7. The SMILES string of the molecule is C.C.C.Cn1cncc1C(C)(O)C1=Cc2cc(Br)cnc2[C@H](N2CCN(C(=O)OC(C)(C)C)CC2)c2ccc(Cl)cc21.Cn1cncc1C(C)(O)C1=Cc2cc(Br)cnc2[C@H](N2CCN(C(=O)OC(C)(C)C)CC2)c2ccc(Cl)cc21.Cn1cncc1C(C)(O)C1=Cc2cc(Br)cnc2[C@H](N2CCN(C(=O)OC(C)(C)C)CC2)c2ccc(Cl)cc21. The maximum atomic E-state index is 12.7. The number of carbonyl (C=O) groups is 3. The number of benzene rings is 3. The van der Waals surface area contributed by atoms with Crippen molar-refractivity contribution in [2.45, 2.75) is 157 Å². The second-order valence-electron chi connectivity index (χ2n) is 33.9. The number of hydrogen-bond acceptors (Lipinski definition) is 18. The van der Waals surface area contributed by atoms with Gasteiger partial charge < -0.3 is 57.9 Å². The van der Waals surface area contributed by atoms with Crippen LogP contribution in [0.5, 0.6) is 0 Å². The Morgan fingerprint density at radius 2 is 0.608 bits per heavy atom. The van der Waals surface area contributed by atoms with Crippen LogP contribution in [-0.4, -0.2) is 202 Å². The number of amides is 3. The molecule has 3 aliphatic heterocycles. The number of imidazole rings is 3. The molecule has 9 aromatic rings. The highest BCUT2D eigenvalue weighted by Gasteiger charge is 2.45. The molecule has 9 heterocycles. The zero-order valence-corrected chi connectivity index (χ0v) is 75.4. The van der Waals surface area contributed by atoms with E-state index in [0.29, 0.717) is 127 Å². The summed E-state index contributed by atoms with van der Waals surface area (Å²) in [7, 11) is 5.60. The molecule has 6 aliphatic rings. The van der Waals surface area contributed by atoms with Gasteiger partial charge in [0.15, 0.2) is 0 Å². The van der Waals surface area contributed by atoms with Crippen LogP contribution in [0.25, 0.3) is 34.9 Å². The molecular weight excluding hydrogens is 1780 g/mol. The fraction of sp³-hybridized carbons (Fsp3) is 0.433. The number of fused-ring (bicyclic) bond motifs is 6. The third-order valence-corrected chi connectivity index (χ3v) is 23.7. The topological polar surface area (TPSA) is 251 Å². The Morgan fingerprint density at radius 3 is 0.817 bits per heavy atom. The minimum atomic E-state index is -1.37. The molecule has 120 heavy (non-hydrogen) atoms. The highest BCUT2D eigenvalue weighted by atomic mass is 79.9. The zero-order valence-electron chi connectivity index (χ0n) is 68.3. The van der Waals surface area contributed by atoms with E-state index in [1.165, 1.54) is 0 Å². The lowest BCUT2D eigenvalue weighted by Crippen LogP contribution is -2.51. The molecule has 24 nitrogen and oxygen atoms in total. The fourth-order valence-electron chi connectivity index (χ4n) is 16.2. The molecule has 642 valence electrons. The molecule has 15 rings (SSSR count). The van der Waals surface area contributed by atoms with E-state index < -0.39 is 33.6 Å². The third kappa shape index (κ3) is 20.4. The highest BCUT2D eigenvalue weighted by Crippen LogP contribution is 2.51. The second-order valence-corrected chi connectivity index (χ2v) is 37.9. The van der Waals surface area contributed by atoms with Gasteiger partial charge in [-0.15, -0.1) is 0 Å². The van der Waals surface area contributed by atoms with Crippen LogP contribution >= 0.6 is 82.6 Å². The molecule has 3 saturated heterocycles. The van der Waals surface area contributed by atoms with Gasteiger partial charge in [0.1, 0.15) is 33.6 Å². The van der Waals surface area contributed by atoms with Gasteiger partial charge in [0, 0.05) is 147 Å². The Morgan fingerprint density at radius 1 is 0.375 bits per heavy atom. The zero-order chi connectivity index (χ0) is 84.3. The molecule has 3 fully saturated rings. The van der Waals surface area contributed by atoms with Gasteiger partial charge in [-0.1, -0.05) is 75.3 Å². The average molecular weight is 1890 g/mol. The summed E-state index contributed by atoms with van der Waals surface area (Å²) in [5, 5.41) is 37.9. The Bertz CT molecular complexity index is 4830. The van der Waals surface area contributed by atoms with Crippen LogP contribution in [0.3, 0.4) is 0 Å². The molecule has 0 spiro atoms. The van der Waals surface area contributed by atoms with Gasteiger partial charge in [-0.25, -0.2) is 29.3 Å². The molecule has 0 radical (unpaired) electrons. The summed E-state index contributed by atoms with van der Waals surface area (Å²) < 4.78 is 24.8. The maximum Gasteiger partial charge on any atom is 0.410 e. The number of aromatic nitrogens is 9. The number of piperazine rings is 3. The fourth-order valence-corrected chi connectivity index (χ4v) is 17.8. The van der Waals surface area contributed by atoms with Crippen molar-refractivity contribution in [3.63, 3.8) is 0 Å². The smallest absolute Gasteiger partial charge is 0.410 e. The summed E-state index contributed by atoms with van der Waals surface area (Å²) >= 11 is 30.4. The molecule has 0 bridgehead atoms. The van der Waals surface area contributed by atoms with E-state index in [-0.39, 0.29) is 58.7 Å². The summed E-state index contributed by atoms with van der Waals surface area (Å²) in [6.07, 6.45) is 20.6. The van der Waals surface area contributed by atoms with E-state index in [2.05, 4.69) is 77.4 Å². The van der Waals surface area contributed by atoms with Crippen LogP contribution < -0.4 is 0 Å². The van der Waals surface area contributed by atoms with Crippen molar-refractivity contribution >= 4 is 136 Å². The first-order valence-corrected chi connectivity index (χ1v) is 42.3. The Balaban J connectivity index is 0.000000187. The molecule has 3 N–H and O–H groups in total. The van der Waals surface area contributed by atoms with E-state index in [4.69, 9.17) is 64.0 Å². The molecule has 3 aliphatic carbocycles. The number of aryl methyl sites for hydroxylation is 3. The van der Waals surface area contributed by atoms with Crippen LogP contribution in [0.2, 0.25) is 15.1 Å². The van der Waals surface area contributed by atoms with Gasteiger partial charge in [0.2, 0.25) is 0 Å². The number of nitrogens with zero attached hydrogens (tertiary/aromatic N) is 15. The molecule has 0 saturated carbocycles. The largest absolute Gasteiger partial charge is 0.444 e. The van der Waals surface area contributed by atoms with Crippen molar-refractivity contribution in [1.29, 1.82) is 0 Å². The van der Waals surface area contributed by atoms with Crippen LogP contribution in [0.15, 0.2) is 142 Å². The van der Waals surface area contributed by atoms with E-state index in [1.54, 1.807) is 91.6 Å². The molecule has 3 amide bonds. The van der Waals surface area contributed by atoms with E-state index in [9.17, 15) is 29.7 Å². The number of carbonyl (C=O) groups excluding carboxylic acids is 3. The van der Waals surface area contributed by atoms with Crippen molar-refractivity contribution in [3.05, 3.63) is 242 Å². The predicted molar refractivity (Wildman–Crippen MR) is 486 cm³/mol. The van der Waals surface area contributed by atoms with Crippen molar-refractivity contribution in [1.82, 2.24) is 73.0 Å². The number of rotatable bonds is 9. The van der Waals surface area contributed by atoms with Crippen molar-refractivity contribution in [2.75, 3.05) is 78.5 Å². The van der Waals surface area contributed by atoms with Gasteiger partial charge in [0.25, 0.3) is 0 Å². The highest BCUT2D eigenvalue weighted by molar-refractivity contribution is 9.11. The molecule has 30 heteroatoms. The predicted octanol–water partition coefficient (Wildman–Crippen LogP) is 18.8. The molecule has 3 aromatic carbocycles. The number of hydrogen-bond donors (Lipinski definition) is 3. The number of aliphatic hydroxyl groups is 3. The lowest BCUT2D eigenvalue weighted by molar-refractivity contribution is 0.0108. The number of ether oxygens (including phenoxy) is 3. The van der Waals surface area contributed by atoms with Gasteiger partial charge in [-0.3, -0.25) is 29.7 Å². The van der Waals surface area contributed by atoms with Crippen LogP contribution in [0, 0.1) is 0 Å². The molecule has 3 unspecified atom stereocenters. The third-order valence-electron chi connectivity index (χ3n) is 21.7. The Kier molecular flexibility index (Phi) is 29.1. The van der Waals surface area contributed by atoms with Gasteiger partial charge in [0.05, 0.1) is 89.9 Å². The first kappa shape index (κ1) is 94.1. The average Bonchev–Trinajstić information content (AvgIpc) is 1.58. The van der Waals surface area contributed by atoms with Gasteiger partial charge in [-0.05, 0) is 270 Å².